The van der Waals surface area contributed by atoms with E-state index in [2.05, 4.69) is 34.2 Å². The van der Waals surface area contributed by atoms with E-state index in [1.807, 2.05) is 24.4 Å². The number of halogens is 1. The second kappa shape index (κ2) is 7.41. The summed E-state index contributed by atoms with van der Waals surface area (Å²) in [6.45, 7) is 8.19. The molecule has 0 saturated heterocycles. The van der Waals surface area contributed by atoms with Gasteiger partial charge in [-0.25, -0.2) is 9.37 Å². The Morgan fingerprint density at radius 2 is 1.82 bits per heavy atom. The third-order valence-electron chi connectivity index (χ3n) is 4.72. The number of aromatic nitrogens is 4. The highest BCUT2D eigenvalue weighted by Crippen LogP contribution is 2.29. The largest absolute Gasteiger partial charge is 0.361 e. The van der Waals surface area contributed by atoms with Crippen LogP contribution >= 0.6 is 0 Å². The normalized spacial score (nSPS) is 12.1. The fourth-order valence-corrected chi connectivity index (χ4v) is 3.90. The van der Waals surface area contributed by atoms with Crippen molar-refractivity contribution in [2.75, 3.05) is 6.61 Å². The van der Waals surface area contributed by atoms with E-state index in [1.54, 1.807) is 12.3 Å². The predicted molar refractivity (Wildman–Crippen MR) is 112 cm³/mol. The number of fused-ring (bicyclic) bond motifs is 3. The average molecular weight is 395 g/mol. The number of pyridine rings is 3. The van der Waals surface area contributed by atoms with Gasteiger partial charge in [0.15, 0.2) is 0 Å². The lowest BCUT2D eigenvalue weighted by atomic mass is 10.2. The monoisotopic (exact) mass is 394 g/mol. The summed E-state index contributed by atoms with van der Waals surface area (Å²) in [6.07, 6.45) is 4.84. The Balaban J connectivity index is 1.74. The van der Waals surface area contributed by atoms with Crippen LogP contribution < -0.4 is 0 Å². The first-order valence-corrected chi connectivity index (χ1v) is 13.1. The van der Waals surface area contributed by atoms with Crippen molar-refractivity contribution >= 4 is 30.0 Å². The van der Waals surface area contributed by atoms with Crippen LogP contribution in [0.5, 0.6) is 0 Å². The third kappa shape index (κ3) is 3.81. The van der Waals surface area contributed by atoms with Crippen LogP contribution in [-0.4, -0.2) is 34.2 Å². The van der Waals surface area contributed by atoms with E-state index in [1.165, 1.54) is 12.3 Å². The summed E-state index contributed by atoms with van der Waals surface area (Å²) < 4.78 is 21.3. The van der Waals surface area contributed by atoms with Crippen LogP contribution in [-0.2, 0) is 11.5 Å². The highest BCUT2D eigenvalue weighted by molar-refractivity contribution is 6.76. The van der Waals surface area contributed by atoms with Crippen LogP contribution in [0.2, 0.25) is 25.7 Å². The van der Waals surface area contributed by atoms with E-state index in [0.29, 0.717) is 18.1 Å². The van der Waals surface area contributed by atoms with E-state index in [9.17, 15) is 4.39 Å². The molecule has 0 aliphatic heterocycles. The number of hydrogen-bond acceptors (Lipinski definition) is 4. The van der Waals surface area contributed by atoms with Crippen LogP contribution in [0.3, 0.4) is 0 Å². The highest BCUT2D eigenvalue weighted by atomic mass is 28.3. The lowest BCUT2D eigenvalue weighted by Gasteiger charge is -2.16. The van der Waals surface area contributed by atoms with Crippen molar-refractivity contribution < 1.29 is 9.13 Å². The van der Waals surface area contributed by atoms with E-state index in [-0.39, 0.29) is 5.82 Å². The quantitative estimate of drug-likeness (QED) is 0.337. The van der Waals surface area contributed by atoms with E-state index >= 15 is 0 Å². The van der Waals surface area contributed by atoms with Crippen molar-refractivity contribution in [3.63, 3.8) is 0 Å². The standard InChI is InChI=1S/C21H23FN4OSi/c1-28(2,3)11-10-27-14-26-20-8-9-23-13-17(20)16-5-7-19(25-21(16)26)18-6-4-15(22)12-24-18/h4-9,12-13H,10-11,14H2,1-3H3. The Hall–Kier alpha value is -2.64. The zero-order valence-electron chi connectivity index (χ0n) is 16.3. The second-order valence-electron chi connectivity index (χ2n) is 8.10. The minimum Gasteiger partial charge on any atom is -0.361 e. The number of ether oxygens (including phenoxy) is 1. The Kier molecular flexibility index (Phi) is 4.95. The van der Waals surface area contributed by atoms with E-state index in [0.717, 1.165) is 34.6 Å². The SMILES string of the molecule is C[Si](C)(C)CCOCn1c2ccncc2c2ccc(-c3ccc(F)cn3)nc21. The molecule has 0 unspecified atom stereocenters. The van der Waals surface area contributed by atoms with Gasteiger partial charge in [0.05, 0.1) is 23.1 Å². The Labute approximate surface area is 164 Å². The van der Waals surface area contributed by atoms with Gasteiger partial charge in [-0.2, -0.15) is 0 Å². The first-order chi connectivity index (χ1) is 13.4. The lowest BCUT2D eigenvalue weighted by Crippen LogP contribution is -2.22. The molecule has 0 aliphatic rings. The fraction of sp³-hybridized carbons (Fsp3) is 0.286. The first-order valence-electron chi connectivity index (χ1n) is 9.35. The second-order valence-corrected chi connectivity index (χ2v) is 13.7. The Bertz CT molecular complexity index is 1120. The summed E-state index contributed by atoms with van der Waals surface area (Å²) in [5, 5.41) is 2.06. The topological polar surface area (TPSA) is 52.8 Å². The Morgan fingerprint density at radius 1 is 1.00 bits per heavy atom. The minimum absolute atomic E-state index is 0.360. The van der Waals surface area contributed by atoms with Crippen molar-refractivity contribution in [3.05, 3.63) is 54.7 Å². The summed E-state index contributed by atoms with van der Waals surface area (Å²) in [4.78, 5) is 13.2. The van der Waals surface area contributed by atoms with Crippen LogP contribution in [0.1, 0.15) is 0 Å². The summed E-state index contributed by atoms with van der Waals surface area (Å²) in [5.41, 5.74) is 3.19. The van der Waals surface area contributed by atoms with Gasteiger partial charge >= 0.3 is 0 Å². The molecular weight excluding hydrogens is 371 g/mol. The highest BCUT2D eigenvalue weighted by Gasteiger charge is 2.15. The molecule has 0 aliphatic carbocycles. The van der Waals surface area contributed by atoms with E-state index < -0.39 is 8.07 Å². The molecule has 0 bridgehead atoms. The van der Waals surface area contributed by atoms with Gasteiger partial charge in [0.1, 0.15) is 18.2 Å². The van der Waals surface area contributed by atoms with Gasteiger partial charge in [-0.15, -0.1) is 0 Å². The van der Waals surface area contributed by atoms with E-state index in [4.69, 9.17) is 9.72 Å². The predicted octanol–water partition coefficient (Wildman–Crippen LogP) is 5.10. The molecule has 4 aromatic rings. The molecule has 4 aromatic heterocycles. The maximum absolute atomic E-state index is 13.2. The van der Waals surface area contributed by atoms with Crippen molar-refractivity contribution in [1.82, 2.24) is 19.5 Å². The summed E-state index contributed by atoms with van der Waals surface area (Å²) in [5.74, 6) is -0.360. The Morgan fingerprint density at radius 3 is 2.57 bits per heavy atom. The maximum atomic E-state index is 13.2. The molecule has 0 fully saturated rings. The summed E-state index contributed by atoms with van der Waals surface area (Å²) in [7, 11) is -1.14. The summed E-state index contributed by atoms with van der Waals surface area (Å²) >= 11 is 0. The molecular formula is C21H23FN4OSi. The van der Waals surface area contributed by atoms with Crippen LogP contribution in [0.25, 0.3) is 33.3 Å². The van der Waals surface area contributed by atoms with Gasteiger partial charge in [0.2, 0.25) is 0 Å². The molecule has 0 amide bonds. The maximum Gasteiger partial charge on any atom is 0.143 e. The third-order valence-corrected chi connectivity index (χ3v) is 6.42. The first kappa shape index (κ1) is 18.7. The molecule has 0 atom stereocenters. The number of rotatable bonds is 6. The molecule has 0 N–H and O–H groups in total. The van der Waals surface area contributed by atoms with Crippen LogP contribution in [0.15, 0.2) is 48.9 Å². The zero-order chi connectivity index (χ0) is 19.7. The number of hydrogen-bond donors (Lipinski definition) is 0. The molecule has 28 heavy (non-hydrogen) atoms. The van der Waals surface area contributed by atoms with Crippen molar-refractivity contribution in [1.29, 1.82) is 0 Å². The molecule has 0 saturated carbocycles. The molecule has 7 heteroatoms. The molecule has 5 nitrogen and oxygen atoms in total. The number of nitrogens with zero attached hydrogens (tertiary/aromatic N) is 4. The average Bonchev–Trinajstić information content (AvgIpc) is 2.98. The molecule has 4 rings (SSSR count). The van der Waals surface area contributed by atoms with Gasteiger partial charge < -0.3 is 9.30 Å². The molecule has 0 aromatic carbocycles. The molecule has 144 valence electrons. The van der Waals surface area contributed by atoms with Crippen molar-refractivity contribution in [2.24, 2.45) is 0 Å². The molecule has 4 heterocycles. The zero-order valence-corrected chi connectivity index (χ0v) is 17.3. The smallest absolute Gasteiger partial charge is 0.143 e. The summed E-state index contributed by atoms with van der Waals surface area (Å²) in [6, 6.07) is 10.1. The molecule has 0 radical (unpaired) electrons. The van der Waals surface area contributed by atoms with Gasteiger partial charge in [0, 0.05) is 37.8 Å². The van der Waals surface area contributed by atoms with Gasteiger partial charge in [0.25, 0.3) is 0 Å². The van der Waals surface area contributed by atoms with Gasteiger partial charge in [-0.1, -0.05) is 19.6 Å². The van der Waals surface area contributed by atoms with Crippen molar-refractivity contribution in [3.8, 4) is 11.4 Å². The fourth-order valence-electron chi connectivity index (χ4n) is 3.14. The van der Waals surface area contributed by atoms with Gasteiger partial charge in [-0.05, 0) is 36.4 Å². The van der Waals surface area contributed by atoms with Crippen molar-refractivity contribution in [2.45, 2.75) is 32.4 Å². The van der Waals surface area contributed by atoms with Crippen LogP contribution in [0.4, 0.5) is 4.39 Å². The lowest BCUT2D eigenvalue weighted by molar-refractivity contribution is 0.0926. The molecule has 0 spiro atoms. The minimum atomic E-state index is -1.14. The van der Waals surface area contributed by atoms with Gasteiger partial charge in [-0.3, -0.25) is 9.97 Å². The van der Waals surface area contributed by atoms with Crippen LogP contribution in [0, 0.1) is 5.82 Å².